The Morgan fingerprint density at radius 1 is 1.65 bits per heavy atom. The summed E-state index contributed by atoms with van der Waals surface area (Å²) in [7, 11) is 1.90. The molecule has 1 N–H and O–H groups in total. The zero-order valence-electron chi connectivity index (χ0n) is 9.23. The minimum Gasteiger partial charge on any atom is -0.388 e. The lowest BCUT2D eigenvalue weighted by Gasteiger charge is -2.08. The van der Waals surface area contributed by atoms with Gasteiger partial charge in [-0.2, -0.15) is 5.10 Å². The van der Waals surface area contributed by atoms with Crippen LogP contribution in [0.4, 0.5) is 0 Å². The highest BCUT2D eigenvalue weighted by Crippen LogP contribution is 2.36. The standard InChI is InChI=1S/C11H12BrClN2OS/c1-15-7(4-5-14-15)2-3-9(16)10-6-8(12)11(13)17-10/h4-6,9,16H,2-3H2,1H3. The maximum Gasteiger partial charge on any atom is 0.107 e. The quantitative estimate of drug-likeness (QED) is 0.927. The van der Waals surface area contributed by atoms with E-state index in [1.54, 1.807) is 6.20 Å². The summed E-state index contributed by atoms with van der Waals surface area (Å²) < 4.78 is 3.35. The third kappa shape index (κ3) is 3.10. The van der Waals surface area contributed by atoms with Crippen molar-refractivity contribution in [2.24, 2.45) is 7.05 Å². The molecule has 0 bridgehead atoms. The van der Waals surface area contributed by atoms with Crippen LogP contribution in [0, 0.1) is 0 Å². The van der Waals surface area contributed by atoms with Crippen molar-refractivity contribution in [2.75, 3.05) is 0 Å². The van der Waals surface area contributed by atoms with Crippen molar-refractivity contribution in [1.82, 2.24) is 9.78 Å². The van der Waals surface area contributed by atoms with Crippen molar-refractivity contribution in [1.29, 1.82) is 0 Å². The van der Waals surface area contributed by atoms with Crippen LogP contribution >= 0.6 is 38.9 Å². The van der Waals surface area contributed by atoms with E-state index >= 15 is 0 Å². The van der Waals surface area contributed by atoms with Crippen LogP contribution in [0.5, 0.6) is 0 Å². The highest BCUT2D eigenvalue weighted by atomic mass is 79.9. The normalized spacial score (nSPS) is 12.9. The number of rotatable bonds is 4. The number of nitrogens with zero attached hydrogens (tertiary/aromatic N) is 2. The summed E-state index contributed by atoms with van der Waals surface area (Å²) in [5.41, 5.74) is 1.12. The predicted octanol–water partition coefficient (Wildman–Crippen LogP) is 3.56. The van der Waals surface area contributed by atoms with Crippen LogP contribution in [-0.2, 0) is 13.5 Å². The molecule has 2 aromatic heterocycles. The SMILES string of the molecule is Cn1nccc1CCC(O)c1cc(Br)c(Cl)s1. The van der Waals surface area contributed by atoms with Gasteiger partial charge in [0.05, 0.1) is 6.10 Å². The van der Waals surface area contributed by atoms with Crippen molar-refractivity contribution < 1.29 is 5.11 Å². The summed E-state index contributed by atoms with van der Waals surface area (Å²) >= 11 is 10.7. The first-order valence-corrected chi connectivity index (χ1v) is 7.16. The fourth-order valence-corrected chi connectivity index (χ4v) is 3.36. The van der Waals surface area contributed by atoms with E-state index in [1.165, 1.54) is 11.3 Å². The fourth-order valence-electron chi connectivity index (χ4n) is 1.60. The number of hydrogen-bond acceptors (Lipinski definition) is 3. The van der Waals surface area contributed by atoms with Crippen LogP contribution in [0.25, 0.3) is 0 Å². The van der Waals surface area contributed by atoms with Crippen molar-refractivity contribution in [3.8, 4) is 0 Å². The van der Waals surface area contributed by atoms with E-state index in [0.29, 0.717) is 10.8 Å². The first-order valence-electron chi connectivity index (χ1n) is 5.17. The third-order valence-corrected chi connectivity index (χ3v) is 5.16. The first-order chi connectivity index (χ1) is 8.08. The molecule has 1 atom stereocenters. The van der Waals surface area contributed by atoms with Gasteiger partial charge in [-0.3, -0.25) is 4.68 Å². The van der Waals surface area contributed by atoms with Gasteiger partial charge in [-0.05, 0) is 40.9 Å². The topological polar surface area (TPSA) is 38.0 Å². The highest BCUT2D eigenvalue weighted by Gasteiger charge is 2.13. The number of aliphatic hydroxyl groups excluding tert-OH is 1. The minimum atomic E-state index is -0.473. The second kappa shape index (κ2) is 5.52. The summed E-state index contributed by atoms with van der Waals surface area (Å²) in [4.78, 5) is 0.893. The van der Waals surface area contributed by atoms with Crippen LogP contribution in [0.2, 0.25) is 4.34 Å². The van der Waals surface area contributed by atoms with E-state index in [0.717, 1.165) is 21.5 Å². The lowest BCUT2D eigenvalue weighted by atomic mass is 10.1. The molecule has 0 saturated heterocycles. The maximum absolute atomic E-state index is 10.0. The van der Waals surface area contributed by atoms with E-state index in [-0.39, 0.29) is 0 Å². The summed E-state index contributed by atoms with van der Waals surface area (Å²) in [5, 5.41) is 14.1. The summed E-state index contributed by atoms with van der Waals surface area (Å²) in [5.74, 6) is 0. The van der Waals surface area contributed by atoms with Gasteiger partial charge in [0.25, 0.3) is 0 Å². The zero-order chi connectivity index (χ0) is 12.4. The molecule has 0 spiro atoms. The van der Waals surface area contributed by atoms with Crippen LogP contribution < -0.4 is 0 Å². The van der Waals surface area contributed by atoms with Gasteiger partial charge in [-0.25, -0.2) is 0 Å². The van der Waals surface area contributed by atoms with Gasteiger partial charge in [0.1, 0.15) is 4.34 Å². The number of aliphatic hydroxyl groups is 1. The lowest BCUT2D eigenvalue weighted by molar-refractivity contribution is 0.171. The smallest absolute Gasteiger partial charge is 0.107 e. The van der Waals surface area contributed by atoms with Crippen molar-refractivity contribution in [2.45, 2.75) is 18.9 Å². The molecule has 0 fully saturated rings. The number of aryl methyl sites for hydroxylation is 2. The Labute approximate surface area is 117 Å². The van der Waals surface area contributed by atoms with Gasteiger partial charge in [0, 0.05) is 28.3 Å². The molecule has 2 aromatic rings. The van der Waals surface area contributed by atoms with Gasteiger partial charge in [0.2, 0.25) is 0 Å². The average molecular weight is 336 g/mol. The van der Waals surface area contributed by atoms with Gasteiger partial charge in [-0.15, -0.1) is 11.3 Å². The molecule has 2 rings (SSSR count). The molecule has 2 heterocycles. The third-order valence-electron chi connectivity index (χ3n) is 2.59. The molecule has 0 aromatic carbocycles. The van der Waals surface area contributed by atoms with Crippen LogP contribution in [0.15, 0.2) is 22.8 Å². The molecule has 0 saturated carbocycles. The number of aromatic nitrogens is 2. The minimum absolute atomic E-state index is 0.473. The second-order valence-electron chi connectivity index (χ2n) is 3.77. The maximum atomic E-state index is 10.0. The van der Waals surface area contributed by atoms with Crippen molar-refractivity contribution in [3.05, 3.63) is 37.7 Å². The van der Waals surface area contributed by atoms with E-state index in [4.69, 9.17) is 11.6 Å². The van der Waals surface area contributed by atoms with E-state index < -0.39 is 6.10 Å². The molecule has 1 unspecified atom stereocenters. The van der Waals surface area contributed by atoms with Crippen LogP contribution in [0.3, 0.4) is 0 Å². The molecular formula is C11H12BrClN2OS. The highest BCUT2D eigenvalue weighted by molar-refractivity contribution is 9.10. The summed E-state index contributed by atoms with van der Waals surface area (Å²) in [6.45, 7) is 0. The van der Waals surface area contributed by atoms with Gasteiger partial charge >= 0.3 is 0 Å². The molecule has 0 amide bonds. The Bertz CT molecular complexity index is 492. The van der Waals surface area contributed by atoms with Crippen LogP contribution in [-0.4, -0.2) is 14.9 Å². The first kappa shape index (κ1) is 13.1. The average Bonchev–Trinajstić information content (AvgIpc) is 2.83. The Morgan fingerprint density at radius 3 is 2.94 bits per heavy atom. The fraction of sp³-hybridized carbons (Fsp3) is 0.364. The van der Waals surface area contributed by atoms with Gasteiger partial charge in [0.15, 0.2) is 0 Å². The Balaban J connectivity index is 1.98. The summed E-state index contributed by atoms with van der Waals surface area (Å²) in [6, 6.07) is 3.84. The molecule has 0 aliphatic carbocycles. The van der Waals surface area contributed by atoms with E-state index in [2.05, 4.69) is 21.0 Å². The second-order valence-corrected chi connectivity index (χ2v) is 6.31. The van der Waals surface area contributed by atoms with Gasteiger partial charge < -0.3 is 5.11 Å². The molecular weight excluding hydrogens is 324 g/mol. The molecule has 0 aliphatic rings. The van der Waals surface area contributed by atoms with E-state index in [1.807, 2.05) is 23.9 Å². The lowest BCUT2D eigenvalue weighted by Crippen LogP contribution is -2.02. The molecule has 17 heavy (non-hydrogen) atoms. The molecule has 3 nitrogen and oxygen atoms in total. The Morgan fingerprint density at radius 2 is 2.41 bits per heavy atom. The van der Waals surface area contributed by atoms with Crippen molar-refractivity contribution in [3.63, 3.8) is 0 Å². The zero-order valence-corrected chi connectivity index (χ0v) is 12.4. The van der Waals surface area contributed by atoms with Gasteiger partial charge in [-0.1, -0.05) is 11.6 Å². The molecule has 0 radical (unpaired) electrons. The Hall–Kier alpha value is -0.360. The predicted molar refractivity (Wildman–Crippen MR) is 73.5 cm³/mol. The summed E-state index contributed by atoms with van der Waals surface area (Å²) in [6.07, 6.45) is 2.76. The number of thiophene rings is 1. The number of halogens is 2. The number of hydrogen-bond donors (Lipinski definition) is 1. The monoisotopic (exact) mass is 334 g/mol. The van der Waals surface area contributed by atoms with Crippen LogP contribution in [0.1, 0.15) is 23.1 Å². The van der Waals surface area contributed by atoms with Crippen molar-refractivity contribution >= 4 is 38.9 Å². The van der Waals surface area contributed by atoms with E-state index in [9.17, 15) is 5.11 Å². The molecule has 92 valence electrons. The molecule has 6 heteroatoms. The largest absolute Gasteiger partial charge is 0.388 e. The Kier molecular flexibility index (Phi) is 4.25. The molecule has 0 aliphatic heterocycles.